The normalized spacial score (nSPS) is 18.0. The monoisotopic (exact) mass is 502 g/mol. The van der Waals surface area contributed by atoms with E-state index in [2.05, 4.69) is 10.6 Å². The minimum Gasteiger partial charge on any atom is -0.494 e. The summed E-state index contributed by atoms with van der Waals surface area (Å²) in [7, 11) is -3.62. The van der Waals surface area contributed by atoms with Crippen molar-refractivity contribution in [2.75, 3.05) is 31.6 Å². The van der Waals surface area contributed by atoms with Gasteiger partial charge in [0, 0.05) is 18.8 Å². The molecule has 1 aliphatic heterocycles. The first-order valence-electron chi connectivity index (χ1n) is 11.3. The van der Waals surface area contributed by atoms with Gasteiger partial charge in [0.2, 0.25) is 15.9 Å². The zero-order chi connectivity index (χ0) is 25.8. The van der Waals surface area contributed by atoms with E-state index in [1.54, 1.807) is 45.0 Å². The molecule has 1 saturated heterocycles. The molecule has 2 aromatic rings. The minimum absolute atomic E-state index is 0.111. The average Bonchev–Trinajstić information content (AvgIpc) is 3.04. The van der Waals surface area contributed by atoms with Crippen LogP contribution in [0.4, 0.5) is 10.5 Å². The van der Waals surface area contributed by atoms with Crippen molar-refractivity contribution in [1.29, 1.82) is 0 Å². The van der Waals surface area contributed by atoms with Crippen LogP contribution >= 0.6 is 0 Å². The van der Waals surface area contributed by atoms with Gasteiger partial charge in [-0.15, -0.1) is 0 Å². The summed E-state index contributed by atoms with van der Waals surface area (Å²) in [6, 6.07) is 11.9. The molecular formula is C24H30N4O6S. The number of nitrogens with zero attached hydrogens (tertiary/aromatic N) is 2. The fourth-order valence-electron chi connectivity index (χ4n) is 3.85. The van der Waals surface area contributed by atoms with Gasteiger partial charge in [0.15, 0.2) is 0 Å². The summed E-state index contributed by atoms with van der Waals surface area (Å²) in [4.78, 5) is 39.1. The Bertz CT molecular complexity index is 1190. The first kappa shape index (κ1) is 26.2. The summed E-state index contributed by atoms with van der Waals surface area (Å²) in [5.74, 6) is -0.505. The smallest absolute Gasteiger partial charge is 0.325 e. The van der Waals surface area contributed by atoms with Gasteiger partial charge in [0.1, 0.15) is 17.8 Å². The third kappa shape index (κ3) is 5.30. The third-order valence-electron chi connectivity index (χ3n) is 5.80. The Hall–Kier alpha value is -3.44. The number of sulfonamides is 1. The highest BCUT2D eigenvalue weighted by Crippen LogP contribution is 2.30. The highest BCUT2D eigenvalue weighted by molar-refractivity contribution is 7.89. The van der Waals surface area contributed by atoms with E-state index in [1.165, 1.54) is 28.6 Å². The van der Waals surface area contributed by atoms with Gasteiger partial charge in [-0.1, -0.05) is 26.0 Å². The van der Waals surface area contributed by atoms with Gasteiger partial charge in [-0.2, -0.15) is 4.31 Å². The summed E-state index contributed by atoms with van der Waals surface area (Å²) in [6.07, 6.45) is 0. The molecule has 1 atom stereocenters. The maximum atomic E-state index is 13.1. The third-order valence-corrected chi connectivity index (χ3v) is 7.86. The number of benzene rings is 2. The lowest BCUT2D eigenvalue weighted by Gasteiger charge is -2.22. The molecule has 1 aliphatic rings. The maximum absolute atomic E-state index is 13.1. The molecule has 10 nitrogen and oxygen atoms in total. The Labute approximate surface area is 205 Å². The molecule has 1 unspecified atom stereocenters. The molecule has 11 heteroatoms. The molecule has 0 radical (unpaired) electrons. The van der Waals surface area contributed by atoms with E-state index in [-0.39, 0.29) is 4.90 Å². The summed E-state index contributed by atoms with van der Waals surface area (Å²) >= 11 is 0. The van der Waals surface area contributed by atoms with Crippen molar-refractivity contribution < 1.29 is 27.5 Å². The summed E-state index contributed by atoms with van der Waals surface area (Å²) < 4.78 is 32.0. The highest BCUT2D eigenvalue weighted by atomic mass is 32.2. The van der Waals surface area contributed by atoms with Crippen LogP contribution in [0.5, 0.6) is 5.75 Å². The van der Waals surface area contributed by atoms with E-state index in [0.717, 1.165) is 4.90 Å². The zero-order valence-corrected chi connectivity index (χ0v) is 21.0. The number of anilines is 1. The van der Waals surface area contributed by atoms with E-state index in [0.29, 0.717) is 36.7 Å². The molecule has 2 aromatic carbocycles. The van der Waals surface area contributed by atoms with Crippen LogP contribution in [0.1, 0.15) is 33.3 Å². The molecule has 0 aromatic heterocycles. The number of carbonyl (C=O) groups excluding carboxylic acids is 3. The van der Waals surface area contributed by atoms with Gasteiger partial charge >= 0.3 is 6.03 Å². The largest absolute Gasteiger partial charge is 0.494 e. The van der Waals surface area contributed by atoms with Gasteiger partial charge in [-0.05, 0) is 55.8 Å². The average molecular weight is 503 g/mol. The maximum Gasteiger partial charge on any atom is 0.325 e. The van der Waals surface area contributed by atoms with E-state index >= 15 is 0 Å². The number of carbonyl (C=O) groups is 3. The fraction of sp³-hybridized carbons (Fsp3) is 0.375. The lowest BCUT2D eigenvalue weighted by molar-refractivity contribution is -0.133. The Morgan fingerprint density at radius 3 is 2.17 bits per heavy atom. The lowest BCUT2D eigenvalue weighted by atomic mass is 9.92. The van der Waals surface area contributed by atoms with E-state index in [9.17, 15) is 22.8 Å². The van der Waals surface area contributed by atoms with Crippen molar-refractivity contribution >= 4 is 33.6 Å². The molecule has 2 N–H and O–H groups in total. The molecule has 1 heterocycles. The lowest BCUT2D eigenvalue weighted by Crippen LogP contribution is -2.42. The molecule has 35 heavy (non-hydrogen) atoms. The number of hydrogen-bond acceptors (Lipinski definition) is 6. The molecule has 1 fully saturated rings. The van der Waals surface area contributed by atoms with E-state index < -0.39 is 40.0 Å². The summed E-state index contributed by atoms with van der Waals surface area (Å²) in [5.41, 5.74) is -0.412. The van der Waals surface area contributed by atoms with Crippen LogP contribution < -0.4 is 15.4 Å². The van der Waals surface area contributed by atoms with E-state index in [1.807, 2.05) is 6.92 Å². The Kier molecular flexibility index (Phi) is 7.81. The second-order valence-electron chi connectivity index (χ2n) is 8.07. The molecule has 0 spiro atoms. The number of amides is 4. The van der Waals surface area contributed by atoms with Gasteiger partial charge in [0.05, 0.1) is 11.5 Å². The number of hydrogen-bond donors (Lipinski definition) is 2. The van der Waals surface area contributed by atoms with Crippen LogP contribution in [0.3, 0.4) is 0 Å². The van der Waals surface area contributed by atoms with Gasteiger partial charge < -0.3 is 15.4 Å². The number of imide groups is 1. The van der Waals surface area contributed by atoms with Crippen LogP contribution in [0.2, 0.25) is 0 Å². The molecule has 4 amide bonds. The molecular weight excluding hydrogens is 472 g/mol. The fourth-order valence-corrected chi connectivity index (χ4v) is 5.31. The van der Waals surface area contributed by atoms with Crippen LogP contribution in [-0.2, 0) is 25.2 Å². The van der Waals surface area contributed by atoms with Crippen molar-refractivity contribution in [3.05, 3.63) is 54.1 Å². The number of urea groups is 1. The quantitative estimate of drug-likeness (QED) is 0.481. The van der Waals surface area contributed by atoms with Crippen LogP contribution in [0, 0.1) is 0 Å². The van der Waals surface area contributed by atoms with Gasteiger partial charge in [-0.3, -0.25) is 14.5 Å². The second kappa shape index (κ2) is 10.4. The Balaban J connectivity index is 1.68. The Morgan fingerprint density at radius 2 is 1.63 bits per heavy atom. The first-order chi connectivity index (χ1) is 16.6. The topological polar surface area (TPSA) is 125 Å². The molecule has 0 bridgehead atoms. The zero-order valence-electron chi connectivity index (χ0n) is 20.2. The van der Waals surface area contributed by atoms with Crippen LogP contribution in [0.15, 0.2) is 53.4 Å². The minimum atomic E-state index is -3.62. The van der Waals surface area contributed by atoms with Crippen molar-refractivity contribution in [2.45, 2.75) is 38.1 Å². The van der Waals surface area contributed by atoms with Crippen molar-refractivity contribution in [3.8, 4) is 5.75 Å². The predicted molar refractivity (Wildman–Crippen MR) is 130 cm³/mol. The number of nitrogens with one attached hydrogen (secondary N) is 2. The molecule has 0 saturated carbocycles. The number of rotatable bonds is 10. The summed E-state index contributed by atoms with van der Waals surface area (Å²) in [5, 5.41) is 5.25. The molecule has 188 valence electrons. The van der Waals surface area contributed by atoms with Crippen LogP contribution in [-0.4, -0.2) is 61.7 Å². The standard InChI is InChI=1S/C24H30N4O6S/c1-5-27(6-2)35(32,33)20-14-10-18(11-15-20)25-21(29)16-28-22(30)24(4,26-23(28)31)17-8-12-19(13-9-17)34-7-3/h8-15H,5-7,16H2,1-4H3,(H,25,29)(H,26,31). The molecule has 3 rings (SSSR count). The Morgan fingerprint density at radius 1 is 1.03 bits per heavy atom. The van der Waals surface area contributed by atoms with Crippen molar-refractivity contribution in [2.24, 2.45) is 0 Å². The molecule has 0 aliphatic carbocycles. The number of ether oxygens (including phenoxy) is 1. The first-order valence-corrected chi connectivity index (χ1v) is 12.8. The SMILES string of the molecule is CCOc1ccc(C2(C)NC(=O)N(CC(=O)Nc3ccc(S(=O)(=O)N(CC)CC)cc3)C2=O)cc1. The van der Waals surface area contributed by atoms with Gasteiger partial charge in [-0.25, -0.2) is 13.2 Å². The highest BCUT2D eigenvalue weighted by Gasteiger charge is 2.49. The van der Waals surface area contributed by atoms with Crippen molar-refractivity contribution in [1.82, 2.24) is 14.5 Å². The van der Waals surface area contributed by atoms with Crippen molar-refractivity contribution in [3.63, 3.8) is 0 Å². The van der Waals surface area contributed by atoms with Gasteiger partial charge in [0.25, 0.3) is 5.91 Å². The predicted octanol–water partition coefficient (Wildman–Crippen LogP) is 2.52. The van der Waals surface area contributed by atoms with Crippen LogP contribution in [0.25, 0.3) is 0 Å². The summed E-state index contributed by atoms with van der Waals surface area (Å²) in [6.45, 7) is 7.66. The van der Waals surface area contributed by atoms with E-state index in [4.69, 9.17) is 4.74 Å². The second-order valence-corrected chi connectivity index (χ2v) is 10.0.